The molecule has 10 heteroatoms. The van der Waals surface area contributed by atoms with Crippen molar-refractivity contribution in [3.05, 3.63) is 60.2 Å². The van der Waals surface area contributed by atoms with Crippen LogP contribution in [-0.4, -0.2) is 27.4 Å². The Balaban J connectivity index is 1.38. The molecule has 0 spiro atoms. The first-order chi connectivity index (χ1) is 13.7. The monoisotopic (exact) mass is 415 g/mol. The molecule has 0 fully saturated rings. The van der Waals surface area contributed by atoms with Crippen LogP contribution in [0.1, 0.15) is 5.82 Å². The number of anilines is 2. The fraction of sp³-hybridized carbons (Fsp3) is 0.111. The fourth-order valence-corrected chi connectivity index (χ4v) is 3.94. The molecule has 0 unspecified atom stereocenters. The molecule has 0 aliphatic carbocycles. The topological polar surface area (TPSA) is 86.0 Å². The van der Waals surface area contributed by atoms with E-state index in [1.54, 1.807) is 19.2 Å². The third-order valence-corrected chi connectivity index (χ3v) is 5.61. The molecule has 0 amide bonds. The van der Waals surface area contributed by atoms with Gasteiger partial charge >= 0.3 is 0 Å². The fourth-order valence-electron chi connectivity index (χ4n) is 2.33. The first-order valence-electron chi connectivity index (χ1n) is 8.16. The molecule has 4 aromatic rings. The third-order valence-electron chi connectivity index (χ3n) is 3.64. The summed E-state index contributed by atoms with van der Waals surface area (Å²) >= 11 is 2.87. The zero-order chi connectivity index (χ0) is 19.3. The van der Waals surface area contributed by atoms with Crippen LogP contribution in [0.2, 0.25) is 0 Å². The number of hydrogen-bond donors (Lipinski definition) is 1. The van der Waals surface area contributed by atoms with Crippen molar-refractivity contribution >= 4 is 33.9 Å². The molecule has 1 N–H and O–H groups in total. The van der Waals surface area contributed by atoms with Crippen molar-refractivity contribution in [1.29, 1.82) is 0 Å². The van der Waals surface area contributed by atoms with Gasteiger partial charge in [-0.15, -0.1) is 10.2 Å². The van der Waals surface area contributed by atoms with E-state index in [-0.39, 0.29) is 5.82 Å². The number of para-hydroxylation sites is 2. The van der Waals surface area contributed by atoms with Crippen molar-refractivity contribution < 1.29 is 13.7 Å². The summed E-state index contributed by atoms with van der Waals surface area (Å²) < 4.78 is 24.3. The van der Waals surface area contributed by atoms with Gasteiger partial charge in [-0.2, -0.15) is 4.98 Å². The minimum atomic E-state index is -0.312. The summed E-state index contributed by atoms with van der Waals surface area (Å²) in [4.78, 5) is 4.33. The van der Waals surface area contributed by atoms with E-state index in [0.717, 1.165) is 15.8 Å². The number of ether oxygens (including phenoxy) is 1. The molecule has 0 bridgehead atoms. The predicted molar refractivity (Wildman–Crippen MR) is 105 cm³/mol. The van der Waals surface area contributed by atoms with Crippen LogP contribution >= 0.6 is 23.1 Å². The summed E-state index contributed by atoms with van der Waals surface area (Å²) in [5.41, 5.74) is 1.49. The molecule has 2 heterocycles. The maximum absolute atomic E-state index is 13.0. The number of benzene rings is 2. The van der Waals surface area contributed by atoms with Crippen molar-refractivity contribution in [2.75, 3.05) is 12.4 Å². The standard InChI is InChI=1S/C18H14FN5O2S2/c1-25-14-5-3-2-4-13(14)20-17-22-23-18(28-17)27-10-15-21-16(26-24-15)11-6-8-12(19)9-7-11/h2-9H,10H2,1H3,(H,20,22). The second-order valence-electron chi connectivity index (χ2n) is 5.51. The lowest BCUT2D eigenvalue weighted by atomic mass is 10.2. The van der Waals surface area contributed by atoms with Crippen molar-refractivity contribution in [2.45, 2.75) is 10.1 Å². The van der Waals surface area contributed by atoms with Gasteiger partial charge in [0.25, 0.3) is 5.89 Å². The van der Waals surface area contributed by atoms with E-state index in [2.05, 4.69) is 25.7 Å². The van der Waals surface area contributed by atoms with E-state index in [9.17, 15) is 4.39 Å². The summed E-state index contributed by atoms with van der Waals surface area (Å²) in [5, 5.41) is 16.1. The SMILES string of the molecule is COc1ccccc1Nc1nnc(SCc2noc(-c3ccc(F)cc3)n2)s1. The lowest BCUT2D eigenvalue weighted by Gasteiger charge is -2.07. The molecule has 28 heavy (non-hydrogen) atoms. The van der Waals surface area contributed by atoms with E-state index >= 15 is 0 Å². The zero-order valence-electron chi connectivity index (χ0n) is 14.6. The lowest BCUT2D eigenvalue weighted by molar-refractivity contribution is 0.417. The Hall–Kier alpha value is -2.98. The molecule has 0 aliphatic heterocycles. The highest BCUT2D eigenvalue weighted by atomic mass is 32.2. The van der Waals surface area contributed by atoms with Crippen LogP contribution in [0, 0.1) is 5.82 Å². The summed E-state index contributed by atoms with van der Waals surface area (Å²) in [6.07, 6.45) is 0. The molecular weight excluding hydrogens is 401 g/mol. The Labute approximate surface area is 168 Å². The summed E-state index contributed by atoms with van der Waals surface area (Å²) in [6.45, 7) is 0. The molecule has 2 aromatic carbocycles. The predicted octanol–water partition coefficient (Wildman–Crippen LogP) is 4.77. The van der Waals surface area contributed by atoms with Gasteiger partial charge < -0.3 is 14.6 Å². The molecule has 0 radical (unpaired) electrons. The molecule has 0 saturated carbocycles. The van der Waals surface area contributed by atoms with Gasteiger partial charge in [-0.25, -0.2) is 4.39 Å². The lowest BCUT2D eigenvalue weighted by Crippen LogP contribution is -1.93. The van der Waals surface area contributed by atoms with Gasteiger partial charge in [-0.3, -0.25) is 0 Å². The smallest absolute Gasteiger partial charge is 0.257 e. The quantitative estimate of drug-likeness (QED) is 0.432. The normalized spacial score (nSPS) is 10.8. The van der Waals surface area contributed by atoms with Crippen molar-refractivity contribution in [1.82, 2.24) is 20.3 Å². The summed E-state index contributed by atoms with van der Waals surface area (Å²) in [5.74, 6) is 1.78. The molecule has 4 rings (SSSR count). The van der Waals surface area contributed by atoms with E-state index < -0.39 is 0 Å². The number of hydrogen-bond acceptors (Lipinski definition) is 9. The number of aromatic nitrogens is 4. The molecule has 0 atom stereocenters. The Morgan fingerprint density at radius 3 is 2.79 bits per heavy atom. The molecule has 0 saturated heterocycles. The van der Waals surface area contributed by atoms with Gasteiger partial charge in [0.1, 0.15) is 11.6 Å². The van der Waals surface area contributed by atoms with E-state index in [1.165, 1.54) is 35.2 Å². The van der Waals surface area contributed by atoms with Crippen LogP contribution in [0.5, 0.6) is 5.75 Å². The average Bonchev–Trinajstić information content (AvgIpc) is 3.37. The first-order valence-corrected chi connectivity index (χ1v) is 9.96. The highest BCUT2D eigenvalue weighted by molar-refractivity contribution is 8.00. The van der Waals surface area contributed by atoms with Crippen molar-refractivity contribution in [3.8, 4) is 17.2 Å². The van der Waals surface area contributed by atoms with E-state index in [4.69, 9.17) is 9.26 Å². The van der Waals surface area contributed by atoms with Gasteiger partial charge in [-0.1, -0.05) is 40.4 Å². The van der Waals surface area contributed by atoms with Gasteiger partial charge in [-0.05, 0) is 36.4 Å². The number of nitrogens with one attached hydrogen (secondary N) is 1. The number of nitrogens with zero attached hydrogens (tertiary/aromatic N) is 4. The molecular formula is C18H14FN5O2S2. The van der Waals surface area contributed by atoms with Crippen LogP contribution in [0.15, 0.2) is 57.4 Å². The maximum atomic E-state index is 13.0. The molecule has 142 valence electrons. The number of thioether (sulfide) groups is 1. The first kappa shape index (κ1) is 18.4. The summed E-state index contributed by atoms with van der Waals surface area (Å²) in [7, 11) is 1.62. The van der Waals surface area contributed by atoms with E-state index in [0.29, 0.717) is 28.2 Å². The zero-order valence-corrected chi connectivity index (χ0v) is 16.3. The van der Waals surface area contributed by atoms with Crippen molar-refractivity contribution in [2.24, 2.45) is 0 Å². The van der Waals surface area contributed by atoms with Crippen LogP contribution in [-0.2, 0) is 5.75 Å². The second-order valence-corrected chi connectivity index (χ2v) is 7.71. The summed E-state index contributed by atoms with van der Waals surface area (Å²) in [6, 6.07) is 13.5. The Bertz CT molecular complexity index is 1070. The van der Waals surface area contributed by atoms with E-state index in [1.807, 2.05) is 24.3 Å². The Morgan fingerprint density at radius 1 is 1.14 bits per heavy atom. The minimum absolute atomic E-state index is 0.312. The van der Waals surface area contributed by atoms with Crippen LogP contribution in [0.3, 0.4) is 0 Å². The highest BCUT2D eigenvalue weighted by Crippen LogP contribution is 2.32. The molecule has 0 aliphatic rings. The van der Waals surface area contributed by atoms with Gasteiger partial charge in [0.05, 0.1) is 18.6 Å². The third kappa shape index (κ3) is 4.29. The number of rotatable bonds is 7. The highest BCUT2D eigenvalue weighted by Gasteiger charge is 2.12. The molecule has 7 nitrogen and oxygen atoms in total. The van der Waals surface area contributed by atoms with Crippen LogP contribution in [0.25, 0.3) is 11.5 Å². The van der Waals surface area contributed by atoms with Crippen LogP contribution in [0.4, 0.5) is 15.2 Å². The maximum Gasteiger partial charge on any atom is 0.257 e. The second kappa shape index (κ2) is 8.36. The number of methoxy groups -OCH3 is 1. The largest absolute Gasteiger partial charge is 0.495 e. The number of halogens is 1. The van der Waals surface area contributed by atoms with Crippen molar-refractivity contribution in [3.63, 3.8) is 0 Å². The Morgan fingerprint density at radius 2 is 1.96 bits per heavy atom. The molecule has 2 aromatic heterocycles. The van der Waals surface area contributed by atoms with Gasteiger partial charge in [0.15, 0.2) is 10.2 Å². The Kier molecular flexibility index (Phi) is 5.49. The van der Waals surface area contributed by atoms with Gasteiger partial charge in [0, 0.05) is 5.56 Å². The van der Waals surface area contributed by atoms with Crippen LogP contribution < -0.4 is 10.1 Å². The van der Waals surface area contributed by atoms with Gasteiger partial charge in [0.2, 0.25) is 5.13 Å². The average molecular weight is 415 g/mol. The minimum Gasteiger partial charge on any atom is -0.495 e.